The monoisotopic (exact) mass is 243 g/mol. The number of hydrogen-bond donors (Lipinski definition) is 0. The van der Waals surface area contributed by atoms with Crippen molar-refractivity contribution in [3.63, 3.8) is 0 Å². The number of carbonyl (C=O) groups excluding carboxylic acids is 1. The molecule has 0 spiro atoms. The first-order valence-corrected chi connectivity index (χ1v) is 7.14. The molecule has 0 heterocycles. The van der Waals surface area contributed by atoms with Gasteiger partial charge < -0.3 is 4.90 Å². The number of rotatable bonds is 5. The third-order valence-electron chi connectivity index (χ3n) is 4.27. The molecule has 0 aliphatic heterocycles. The van der Waals surface area contributed by atoms with Crippen LogP contribution in [-0.4, -0.2) is 29.3 Å². The maximum atomic E-state index is 12.6. The van der Waals surface area contributed by atoms with Crippen molar-refractivity contribution in [2.75, 3.05) is 12.4 Å². The Morgan fingerprint density at radius 1 is 1.38 bits per heavy atom. The van der Waals surface area contributed by atoms with Gasteiger partial charge in [-0.1, -0.05) is 19.8 Å². The normalized spacial score (nSPS) is 23.4. The van der Waals surface area contributed by atoms with Crippen LogP contribution in [0.5, 0.6) is 0 Å². The first kappa shape index (κ1) is 12.2. The number of carbonyl (C=O) groups is 1. The molecule has 0 bridgehead atoms. The smallest absolute Gasteiger partial charge is 0.229 e. The molecule has 2 rings (SSSR count). The molecule has 1 amide bonds. The quantitative estimate of drug-likeness (QED) is 0.680. The molecule has 0 unspecified atom stereocenters. The van der Waals surface area contributed by atoms with E-state index in [0.717, 1.165) is 25.8 Å². The topological polar surface area (TPSA) is 20.3 Å². The molecule has 0 aromatic heterocycles. The van der Waals surface area contributed by atoms with Crippen molar-refractivity contribution in [2.24, 2.45) is 5.41 Å². The van der Waals surface area contributed by atoms with E-state index in [2.05, 4.69) is 11.8 Å². The molecular weight excluding hydrogens is 222 g/mol. The number of amides is 1. The Kier molecular flexibility index (Phi) is 3.78. The van der Waals surface area contributed by atoms with Crippen LogP contribution in [0.1, 0.15) is 51.9 Å². The fourth-order valence-electron chi connectivity index (χ4n) is 3.00. The van der Waals surface area contributed by atoms with Crippen molar-refractivity contribution in [1.82, 2.24) is 4.90 Å². The minimum atomic E-state index is -0.0331. The third-order valence-corrected chi connectivity index (χ3v) is 4.43. The van der Waals surface area contributed by atoms with E-state index in [9.17, 15) is 4.79 Å². The Labute approximate surface area is 103 Å². The van der Waals surface area contributed by atoms with E-state index in [1.54, 1.807) is 0 Å². The number of nitrogens with zero attached hydrogens (tertiary/aromatic N) is 1. The van der Waals surface area contributed by atoms with Gasteiger partial charge in [-0.25, -0.2) is 0 Å². The lowest BCUT2D eigenvalue weighted by Crippen LogP contribution is -2.44. The van der Waals surface area contributed by atoms with E-state index in [0.29, 0.717) is 17.8 Å². The molecular formula is C13H22ClNO. The van der Waals surface area contributed by atoms with Crippen molar-refractivity contribution >= 4 is 17.5 Å². The van der Waals surface area contributed by atoms with Crippen molar-refractivity contribution < 1.29 is 4.79 Å². The molecule has 2 aliphatic rings. The molecule has 2 saturated carbocycles. The third kappa shape index (κ3) is 2.22. The molecule has 0 N–H and O–H groups in total. The maximum absolute atomic E-state index is 12.6. The van der Waals surface area contributed by atoms with Gasteiger partial charge in [-0.3, -0.25) is 4.79 Å². The highest BCUT2D eigenvalue weighted by atomic mass is 35.5. The van der Waals surface area contributed by atoms with Gasteiger partial charge in [-0.15, -0.1) is 11.6 Å². The van der Waals surface area contributed by atoms with Gasteiger partial charge >= 0.3 is 0 Å². The number of alkyl halides is 1. The first-order valence-electron chi connectivity index (χ1n) is 6.60. The maximum Gasteiger partial charge on any atom is 0.229 e. The SMILES string of the molecule is CCC1(C(=O)N(CCCl)C2CC2)CCCC1. The predicted octanol–water partition coefficient (Wildman–Crippen LogP) is 3.19. The van der Waals surface area contributed by atoms with E-state index in [1.807, 2.05) is 0 Å². The molecule has 0 aromatic rings. The van der Waals surface area contributed by atoms with Crippen LogP contribution in [-0.2, 0) is 4.79 Å². The molecule has 2 nitrogen and oxygen atoms in total. The van der Waals surface area contributed by atoms with E-state index in [-0.39, 0.29) is 5.41 Å². The Morgan fingerprint density at radius 3 is 2.44 bits per heavy atom. The Bertz CT molecular complexity index is 257. The highest BCUT2D eigenvalue weighted by Gasteiger charge is 2.45. The van der Waals surface area contributed by atoms with Crippen molar-refractivity contribution in [3.05, 3.63) is 0 Å². The molecule has 0 aromatic carbocycles. The van der Waals surface area contributed by atoms with Gasteiger partial charge in [-0.2, -0.15) is 0 Å². The zero-order valence-electron chi connectivity index (χ0n) is 10.2. The molecule has 3 heteroatoms. The Hall–Kier alpha value is -0.240. The fraction of sp³-hybridized carbons (Fsp3) is 0.923. The van der Waals surface area contributed by atoms with Crippen LogP contribution in [0, 0.1) is 5.41 Å². The van der Waals surface area contributed by atoms with Gasteiger partial charge in [0.2, 0.25) is 5.91 Å². The van der Waals surface area contributed by atoms with Gasteiger partial charge in [0.15, 0.2) is 0 Å². The highest BCUT2D eigenvalue weighted by Crippen LogP contribution is 2.44. The van der Waals surface area contributed by atoms with Crippen LogP contribution in [0.4, 0.5) is 0 Å². The molecule has 0 radical (unpaired) electrons. The zero-order chi connectivity index (χ0) is 11.6. The van der Waals surface area contributed by atoms with E-state index < -0.39 is 0 Å². The first-order chi connectivity index (χ1) is 7.73. The largest absolute Gasteiger partial charge is 0.338 e. The van der Waals surface area contributed by atoms with Gasteiger partial charge in [-0.05, 0) is 32.1 Å². The Morgan fingerprint density at radius 2 is 2.00 bits per heavy atom. The van der Waals surface area contributed by atoms with Gasteiger partial charge in [0.25, 0.3) is 0 Å². The van der Waals surface area contributed by atoms with Crippen molar-refractivity contribution in [2.45, 2.75) is 57.9 Å². The summed E-state index contributed by atoms with van der Waals surface area (Å²) < 4.78 is 0. The lowest BCUT2D eigenvalue weighted by atomic mass is 9.82. The van der Waals surface area contributed by atoms with Crippen LogP contribution < -0.4 is 0 Å². The summed E-state index contributed by atoms with van der Waals surface area (Å²) in [5.41, 5.74) is -0.0331. The molecule has 92 valence electrons. The summed E-state index contributed by atoms with van der Waals surface area (Å²) in [4.78, 5) is 14.7. The number of halogens is 1. The fourth-order valence-corrected chi connectivity index (χ4v) is 3.18. The summed E-state index contributed by atoms with van der Waals surface area (Å²) in [7, 11) is 0. The number of hydrogen-bond acceptors (Lipinski definition) is 1. The van der Waals surface area contributed by atoms with Crippen LogP contribution in [0.25, 0.3) is 0 Å². The summed E-state index contributed by atoms with van der Waals surface area (Å²) in [6, 6.07) is 0.510. The van der Waals surface area contributed by atoms with Crippen LogP contribution in [0.15, 0.2) is 0 Å². The average molecular weight is 244 g/mol. The van der Waals surface area contributed by atoms with Crippen LogP contribution in [0.2, 0.25) is 0 Å². The minimum absolute atomic E-state index is 0.0331. The van der Waals surface area contributed by atoms with Crippen molar-refractivity contribution in [3.8, 4) is 0 Å². The van der Waals surface area contributed by atoms with Gasteiger partial charge in [0, 0.05) is 23.9 Å². The second-order valence-electron chi connectivity index (χ2n) is 5.26. The molecule has 2 fully saturated rings. The summed E-state index contributed by atoms with van der Waals surface area (Å²) in [6.45, 7) is 2.90. The Balaban J connectivity index is 2.07. The second kappa shape index (κ2) is 4.95. The molecule has 2 aliphatic carbocycles. The second-order valence-corrected chi connectivity index (χ2v) is 5.64. The summed E-state index contributed by atoms with van der Waals surface area (Å²) >= 11 is 5.81. The lowest BCUT2D eigenvalue weighted by molar-refractivity contribution is -0.142. The van der Waals surface area contributed by atoms with E-state index >= 15 is 0 Å². The highest BCUT2D eigenvalue weighted by molar-refractivity contribution is 6.18. The van der Waals surface area contributed by atoms with E-state index in [1.165, 1.54) is 25.7 Å². The minimum Gasteiger partial charge on any atom is -0.338 e. The standard InChI is InChI=1S/C13H22ClNO/c1-2-13(7-3-4-8-13)12(16)15(10-9-14)11-5-6-11/h11H,2-10H2,1H3. The van der Waals surface area contributed by atoms with E-state index in [4.69, 9.17) is 11.6 Å². The average Bonchev–Trinajstić information content (AvgIpc) is 3.02. The molecule has 16 heavy (non-hydrogen) atoms. The predicted molar refractivity (Wildman–Crippen MR) is 66.6 cm³/mol. The van der Waals surface area contributed by atoms with Crippen LogP contribution in [0.3, 0.4) is 0 Å². The summed E-state index contributed by atoms with van der Waals surface area (Å²) in [5, 5.41) is 0. The van der Waals surface area contributed by atoms with Gasteiger partial charge in [0.1, 0.15) is 0 Å². The summed E-state index contributed by atoms with van der Waals surface area (Å²) in [5.74, 6) is 0.970. The molecule has 0 atom stereocenters. The van der Waals surface area contributed by atoms with Crippen LogP contribution >= 0.6 is 11.6 Å². The summed E-state index contributed by atoms with van der Waals surface area (Å²) in [6.07, 6.45) is 7.99. The lowest BCUT2D eigenvalue weighted by Gasteiger charge is -2.33. The zero-order valence-corrected chi connectivity index (χ0v) is 10.9. The van der Waals surface area contributed by atoms with Gasteiger partial charge in [0.05, 0.1) is 0 Å². The molecule has 0 saturated heterocycles. The van der Waals surface area contributed by atoms with Crippen molar-refractivity contribution in [1.29, 1.82) is 0 Å².